The highest BCUT2D eigenvalue weighted by Gasteiger charge is 2.11. The Bertz CT molecular complexity index is 761. The number of anilines is 2. The van der Waals surface area contributed by atoms with Gasteiger partial charge in [-0.1, -0.05) is 0 Å². The van der Waals surface area contributed by atoms with E-state index in [4.69, 9.17) is 0 Å². The third-order valence-electron chi connectivity index (χ3n) is 2.38. The minimum Gasteiger partial charge on any atom is -0.309 e. The Morgan fingerprint density at radius 2 is 2.10 bits per heavy atom. The monoisotopic (exact) mass is 313 g/mol. The van der Waals surface area contributed by atoms with Crippen LogP contribution in [0.5, 0.6) is 0 Å². The first-order chi connectivity index (χ1) is 9.73. The van der Waals surface area contributed by atoms with Crippen molar-refractivity contribution in [3.63, 3.8) is 0 Å². The Morgan fingerprint density at radius 1 is 1.38 bits per heavy atom. The lowest BCUT2D eigenvalue weighted by Gasteiger charge is -2.04. The van der Waals surface area contributed by atoms with E-state index < -0.39 is 10.0 Å². The molecule has 10 nitrogen and oxygen atoms in total. The summed E-state index contributed by atoms with van der Waals surface area (Å²) in [5.74, 6) is 0.264. The van der Waals surface area contributed by atoms with E-state index in [2.05, 4.69) is 25.3 Å². The summed E-state index contributed by atoms with van der Waals surface area (Å²) in [7, 11) is -1.71. The first-order valence-electron chi connectivity index (χ1n) is 5.91. The van der Waals surface area contributed by atoms with Crippen molar-refractivity contribution in [3.05, 3.63) is 18.0 Å². The summed E-state index contributed by atoms with van der Waals surface area (Å²) >= 11 is 0. The average molecular weight is 313 g/mol. The zero-order chi connectivity index (χ0) is 15.6. The van der Waals surface area contributed by atoms with Gasteiger partial charge in [0.05, 0.1) is 18.1 Å². The molecule has 0 radical (unpaired) electrons. The molecule has 21 heavy (non-hydrogen) atoms. The number of carbonyl (C=O) groups is 1. The number of sulfonamides is 1. The Kier molecular flexibility index (Phi) is 3.93. The molecule has 0 spiro atoms. The molecule has 2 rings (SSSR count). The van der Waals surface area contributed by atoms with Crippen LogP contribution in [0.4, 0.5) is 11.6 Å². The lowest BCUT2D eigenvalue weighted by molar-refractivity contribution is -0.117. The summed E-state index contributed by atoms with van der Waals surface area (Å²) < 4.78 is 25.8. The number of carbonyl (C=O) groups excluding carboxylic acids is 1. The largest absolute Gasteiger partial charge is 0.309 e. The molecule has 0 fully saturated rings. The Balaban J connectivity index is 1.98. The van der Waals surface area contributed by atoms with Gasteiger partial charge in [0.25, 0.3) is 0 Å². The molecule has 1 amide bonds. The quantitative estimate of drug-likeness (QED) is 0.754. The molecule has 2 aromatic rings. The SMILES string of the molecule is Cc1cc(NC(=O)Cn2ncc(NS(C)(=O)=O)n2)n(C)n1. The number of amides is 1. The highest BCUT2D eigenvalue weighted by atomic mass is 32.2. The van der Waals surface area contributed by atoms with E-state index in [0.29, 0.717) is 5.82 Å². The lowest BCUT2D eigenvalue weighted by atomic mass is 10.4. The van der Waals surface area contributed by atoms with E-state index in [-0.39, 0.29) is 18.3 Å². The Hall–Kier alpha value is -2.43. The Morgan fingerprint density at radius 3 is 2.67 bits per heavy atom. The van der Waals surface area contributed by atoms with Crippen molar-refractivity contribution >= 4 is 27.6 Å². The van der Waals surface area contributed by atoms with E-state index in [0.717, 1.165) is 16.7 Å². The molecule has 0 aromatic carbocycles. The van der Waals surface area contributed by atoms with Gasteiger partial charge in [0.15, 0.2) is 5.82 Å². The molecule has 0 saturated heterocycles. The average Bonchev–Trinajstić information content (AvgIpc) is 2.84. The molecule has 0 unspecified atom stereocenters. The van der Waals surface area contributed by atoms with Crippen molar-refractivity contribution in [2.24, 2.45) is 7.05 Å². The fraction of sp³-hybridized carbons (Fsp3) is 0.400. The minimum absolute atomic E-state index is 0.0571. The second kappa shape index (κ2) is 5.52. The second-order valence-electron chi connectivity index (χ2n) is 4.48. The number of hydrogen-bond donors (Lipinski definition) is 2. The normalized spacial score (nSPS) is 11.4. The van der Waals surface area contributed by atoms with Crippen LogP contribution in [0.25, 0.3) is 0 Å². The lowest BCUT2D eigenvalue weighted by Crippen LogP contribution is -2.21. The van der Waals surface area contributed by atoms with E-state index in [1.807, 2.05) is 6.92 Å². The molecule has 0 bridgehead atoms. The zero-order valence-electron chi connectivity index (χ0n) is 11.7. The highest BCUT2D eigenvalue weighted by Crippen LogP contribution is 2.08. The molecular weight excluding hydrogens is 298 g/mol. The molecule has 0 saturated carbocycles. The van der Waals surface area contributed by atoms with E-state index in [1.54, 1.807) is 17.8 Å². The molecule has 2 aromatic heterocycles. The van der Waals surface area contributed by atoms with Crippen LogP contribution in [0.15, 0.2) is 12.3 Å². The van der Waals surface area contributed by atoms with Gasteiger partial charge in [0, 0.05) is 13.1 Å². The highest BCUT2D eigenvalue weighted by molar-refractivity contribution is 7.92. The molecule has 114 valence electrons. The second-order valence-corrected chi connectivity index (χ2v) is 6.23. The Labute approximate surface area is 121 Å². The van der Waals surface area contributed by atoms with E-state index >= 15 is 0 Å². The van der Waals surface area contributed by atoms with Gasteiger partial charge >= 0.3 is 0 Å². The van der Waals surface area contributed by atoms with Crippen molar-refractivity contribution in [1.29, 1.82) is 0 Å². The maximum Gasteiger partial charge on any atom is 0.249 e. The van der Waals surface area contributed by atoms with Gasteiger partial charge in [-0.15, -0.1) is 5.10 Å². The summed E-state index contributed by atoms with van der Waals surface area (Å²) in [6.45, 7) is 1.67. The fourth-order valence-electron chi connectivity index (χ4n) is 1.65. The number of aryl methyl sites for hydroxylation is 2. The van der Waals surface area contributed by atoms with Crippen LogP contribution in [-0.4, -0.2) is 45.4 Å². The van der Waals surface area contributed by atoms with Gasteiger partial charge in [0.2, 0.25) is 15.9 Å². The summed E-state index contributed by atoms with van der Waals surface area (Å²) in [6.07, 6.45) is 2.23. The van der Waals surface area contributed by atoms with Crippen molar-refractivity contribution in [2.75, 3.05) is 16.3 Å². The van der Waals surface area contributed by atoms with Crippen LogP contribution in [0.1, 0.15) is 5.69 Å². The molecule has 0 atom stereocenters. The zero-order valence-corrected chi connectivity index (χ0v) is 12.5. The van der Waals surface area contributed by atoms with Gasteiger partial charge in [-0.3, -0.25) is 14.2 Å². The summed E-state index contributed by atoms with van der Waals surface area (Å²) in [5, 5.41) is 14.4. The van der Waals surface area contributed by atoms with Gasteiger partial charge in [0.1, 0.15) is 12.4 Å². The van der Waals surface area contributed by atoms with Gasteiger partial charge in [-0.2, -0.15) is 15.0 Å². The van der Waals surface area contributed by atoms with Crippen LogP contribution in [0.3, 0.4) is 0 Å². The predicted molar refractivity (Wildman–Crippen MR) is 75.1 cm³/mol. The number of nitrogens with zero attached hydrogens (tertiary/aromatic N) is 5. The number of aromatic nitrogens is 5. The van der Waals surface area contributed by atoms with Crippen LogP contribution in [0, 0.1) is 6.92 Å². The molecule has 2 N–H and O–H groups in total. The van der Waals surface area contributed by atoms with Crippen LogP contribution in [-0.2, 0) is 28.4 Å². The number of rotatable bonds is 5. The third kappa shape index (κ3) is 4.27. The van der Waals surface area contributed by atoms with E-state index in [1.165, 1.54) is 6.20 Å². The maximum atomic E-state index is 11.8. The fourth-order valence-corrected chi connectivity index (χ4v) is 2.12. The van der Waals surface area contributed by atoms with Crippen molar-refractivity contribution in [2.45, 2.75) is 13.5 Å². The van der Waals surface area contributed by atoms with Gasteiger partial charge in [-0.05, 0) is 6.92 Å². The predicted octanol–water partition coefficient (Wildman–Crippen LogP) is -0.670. The van der Waals surface area contributed by atoms with Crippen LogP contribution in [0.2, 0.25) is 0 Å². The molecule has 0 aliphatic carbocycles. The summed E-state index contributed by atoms with van der Waals surface area (Å²) in [5.41, 5.74) is 0.782. The minimum atomic E-state index is -3.42. The maximum absolute atomic E-state index is 11.8. The molecule has 11 heteroatoms. The van der Waals surface area contributed by atoms with Gasteiger partial charge < -0.3 is 5.32 Å². The summed E-state index contributed by atoms with van der Waals surface area (Å²) in [4.78, 5) is 12.9. The van der Waals surface area contributed by atoms with E-state index in [9.17, 15) is 13.2 Å². The smallest absolute Gasteiger partial charge is 0.249 e. The molecule has 0 aliphatic rings. The molecule has 2 heterocycles. The van der Waals surface area contributed by atoms with Crippen molar-refractivity contribution < 1.29 is 13.2 Å². The number of nitrogens with one attached hydrogen (secondary N) is 2. The number of hydrogen-bond acceptors (Lipinski definition) is 6. The van der Waals surface area contributed by atoms with Gasteiger partial charge in [-0.25, -0.2) is 8.42 Å². The molecule has 0 aliphatic heterocycles. The topological polar surface area (TPSA) is 124 Å². The van der Waals surface area contributed by atoms with Crippen molar-refractivity contribution in [3.8, 4) is 0 Å². The summed E-state index contributed by atoms with van der Waals surface area (Å²) in [6, 6.07) is 1.73. The van der Waals surface area contributed by atoms with Crippen molar-refractivity contribution in [1.82, 2.24) is 24.8 Å². The first kappa shape index (κ1) is 15.0. The third-order valence-corrected chi connectivity index (χ3v) is 2.96. The van der Waals surface area contributed by atoms with Crippen LogP contribution >= 0.6 is 0 Å². The first-order valence-corrected chi connectivity index (χ1v) is 7.80. The molecular formula is C10H15N7O3S. The van der Waals surface area contributed by atoms with Crippen LogP contribution < -0.4 is 10.0 Å². The standard InChI is InChI=1S/C10H15N7O3S/c1-7-4-9(16(2)13-7)12-10(18)6-17-11-5-8(14-17)15-21(3,19)20/h4-5H,6H2,1-3H3,(H,12,18)(H,14,15).